The second kappa shape index (κ2) is 6.72. The van der Waals surface area contributed by atoms with Crippen molar-refractivity contribution in [1.29, 1.82) is 0 Å². The molecule has 0 spiro atoms. The van der Waals surface area contributed by atoms with E-state index in [0.717, 1.165) is 0 Å². The van der Waals surface area contributed by atoms with Gasteiger partial charge in [-0.15, -0.1) is 0 Å². The summed E-state index contributed by atoms with van der Waals surface area (Å²) >= 11 is 0. The molecular weight excluding hydrogens is 234 g/mol. The van der Waals surface area contributed by atoms with Crippen molar-refractivity contribution in [3.63, 3.8) is 0 Å². The highest BCUT2D eigenvalue weighted by atomic mass is 16.7. The van der Waals surface area contributed by atoms with Gasteiger partial charge < -0.3 is 29.9 Å². The lowest BCUT2D eigenvalue weighted by molar-refractivity contribution is -0.300. The number of ether oxygens (including phenoxy) is 2. The lowest BCUT2D eigenvalue weighted by atomic mass is 9.99. The maximum absolute atomic E-state index is 9.53. The zero-order valence-corrected chi connectivity index (χ0v) is 8.96. The molecule has 1 aliphatic rings. The van der Waals surface area contributed by atoms with E-state index in [1.807, 2.05) is 0 Å². The van der Waals surface area contributed by atoms with E-state index in [1.54, 1.807) is 0 Å². The van der Waals surface area contributed by atoms with Crippen LogP contribution >= 0.6 is 0 Å². The van der Waals surface area contributed by atoms with Gasteiger partial charge in [0.1, 0.15) is 24.4 Å². The van der Waals surface area contributed by atoms with Crippen molar-refractivity contribution in [3.8, 4) is 0 Å². The molecule has 9 heteroatoms. The highest BCUT2D eigenvalue weighted by molar-refractivity contribution is 4.88. The summed E-state index contributed by atoms with van der Waals surface area (Å²) in [6.45, 7) is -0.473. The number of hydrogen-bond acceptors (Lipinski definition) is 7. The van der Waals surface area contributed by atoms with Gasteiger partial charge >= 0.3 is 0 Å². The molecule has 0 aromatic heterocycles. The highest BCUT2D eigenvalue weighted by Crippen LogP contribution is 2.21. The first-order valence-corrected chi connectivity index (χ1v) is 5.04. The second-order valence-electron chi connectivity index (χ2n) is 3.52. The van der Waals surface area contributed by atoms with E-state index in [0.29, 0.717) is 0 Å². The molecule has 0 unspecified atom stereocenters. The summed E-state index contributed by atoms with van der Waals surface area (Å²) in [5, 5.41) is 40.5. The summed E-state index contributed by atoms with van der Waals surface area (Å²) < 4.78 is 10.1. The molecule has 0 aliphatic carbocycles. The van der Waals surface area contributed by atoms with Crippen molar-refractivity contribution in [2.75, 3.05) is 19.8 Å². The minimum atomic E-state index is -1.47. The minimum absolute atomic E-state index is 0.00719. The number of hydrogen-bond donors (Lipinski definition) is 4. The summed E-state index contributed by atoms with van der Waals surface area (Å²) in [6.07, 6.45) is -6.49. The molecule has 1 fully saturated rings. The number of aliphatic hydroxyl groups is 4. The van der Waals surface area contributed by atoms with Crippen LogP contribution in [-0.2, 0) is 9.47 Å². The van der Waals surface area contributed by atoms with Gasteiger partial charge in [0.05, 0.1) is 13.2 Å². The monoisotopic (exact) mass is 249 g/mol. The van der Waals surface area contributed by atoms with Gasteiger partial charge in [0.15, 0.2) is 6.29 Å². The van der Waals surface area contributed by atoms with E-state index in [-0.39, 0.29) is 13.2 Å². The van der Waals surface area contributed by atoms with Crippen molar-refractivity contribution in [2.24, 2.45) is 5.11 Å². The van der Waals surface area contributed by atoms with Crippen LogP contribution in [0.4, 0.5) is 0 Å². The van der Waals surface area contributed by atoms with Crippen molar-refractivity contribution >= 4 is 0 Å². The minimum Gasteiger partial charge on any atom is -0.394 e. The fourth-order valence-electron chi connectivity index (χ4n) is 1.46. The van der Waals surface area contributed by atoms with Crippen LogP contribution in [0.3, 0.4) is 0 Å². The van der Waals surface area contributed by atoms with Crippen LogP contribution < -0.4 is 0 Å². The third kappa shape index (κ3) is 3.51. The second-order valence-corrected chi connectivity index (χ2v) is 3.52. The molecule has 0 aromatic rings. The molecule has 17 heavy (non-hydrogen) atoms. The van der Waals surface area contributed by atoms with Crippen LogP contribution in [-0.4, -0.2) is 70.9 Å². The summed E-state index contributed by atoms with van der Waals surface area (Å²) in [7, 11) is 0. The number of azide groups is 1. The Morgan fingerprint density at radius 3 is 2.53 bits per heavy atom. The molecule has 98 valence electrons. The Bertz CT molecular complexity index is 282. The summed E-state index contributed by atoms with van der Waals surface area (Å²) in [6, 6.07) is 0. The molecule has 1 aliphatic heterocycles. The highest BCUT2D eigenvalue weighted by Gasteiger charge is 2.43. The van der Waals surface area contributed by atoms with Crippen molar-refractivity contribution in [3.05, 3.63) is 10.4 Å². The molecule has 1 heterocycles. The van der Waals surface area contributed by atoms with Gasteiger partial charge in [-0.05, 0) is 5.53 Å². The number of rotatable bonds is 5. The first-order valence-electron chi connectivity index (χ1n) is 5.04. The Hall–Kier alpha value is -0.930. The normalized spacial score (nSPS) is 37.5. The molecule has 9 nitrogen and oxygen atoms in total. The third-order valence-electron chi connectivity index (χ3n) is 2.39. The van der Waals surface area contributed by atoms with Gasteiger partial charge in [-0.25, -0.2) is 0 Å². The predicted molar refractivity (Wildman–Crippen MR) is 53.7 cm³/mol. The van der Waals surface area contributed by atoms with Crippen LogP contribution in [0.2, 0.25) is 0 Å². The average molecular weight is 249 g/mol. The van der Waals surface area contributed by atoms with Gasteiger partial charge in [-0.1, -0.05) is 5.11 Å². The van der Waals surface area contributed by atoms with Crippen molar-refractivity contribution in [2.45, 2.75) is 30.7 Å². The average Bonchev–Trinajstić information content (AvgIpc) is 2.34. The Morgan fingerprint density at radius 2 is 1.94 bits per heavy atom. The van der Waals surface area contributed by atoms with Crippen LogP contribution in [0.25, 0.3) is 10.4 Å². The predicted octanol–water partition coefficient (Wildman–Crippen LogP) is -1.89. The molecule has 0 bridgehead atoms. The smallest absolute Gasteiger partial charge is 0.186 e. The summed E-state index contributed by atoms with van der Waals surface area (Å²) in [5.74, 6) is 0. The lowest BCUT2D eigenvalue weighted by Gasteiger charge is -2.39. The summed E-state index contributed by atoms with van der Waals surface area (Å²) in [4.78, 5) is 2.51. The van der Waals surface area contributed by atoms with E-state index in [4.69, 9.17) is 20.1 Å². The Labute approximate surface area is 96.8 Å². The van der Waals surface area contributed by atoms with Crippen LogP contribution in [0, 0.1) is 0 Å². The SMILES string of the molecule is [N-]=[N+]=NCCO[C@@H]1O[C@H](CO)[C@@H](O)[C@@H](O)[C@@H]1O. The van der Waals surface area contributed by atoms with E-state index >= 15 is 0 Å². The van der Waals surface area contributed by atoms with Gasteiger partial charge in [0, 0.05) is 11.5 Å². The van der Waals surface area contributed by atoms with Crippen LogP contribution in [0.1, 0.15) is 0 Å². The number of aliphatic hydroxyl groups excluding tert-OH is 4. The molecule has 0 saturated carbocycles. The van der Waals surface area contributed by atoms with E-state index in [1.165, 1.54) is 0 Å². The van der Waals surface area contributed by atoms with Gasteiger partial charge in [0.2, 0.25) is 0 Å². The first-order chi connectivity index (χ1) is 8.11. The van der Waals surface area contributed by atoms with E-state index in [2.05, 4.69) is 10.0 Å². The molecular formula is C8H15N3O6. The lowest BCUT2D eigenvalue weighted by Crippen LogP contribution is -2.59. The third-order valence-corrected chi connectivity index (χ3v) is 2.39. The Kier molecular flexibility index (Phi) is 5.59. The molecule has 5 atom stereocenters. The van der Waals surface area contributed by atoms with Crippen molar-refractivity contribution < 1.29 is 29.9 Å². The van der Waals surface area contributed by atoms with Crippen molar-refractivity contribution in [1.82, 2.24) is 0 Å². The first kappa shape index (κ1) is 14.1. The number of nitrogens with zero attached hydrogens (tertiary/aromatic N) is 3. The molecule has 1 rings (SSSR count). The largest absolute Gasteiger partial charge is 0.394 e. The molecule has 0 aromatic carbocycles. The standard InChI is InChI=1S/C8H15N3O6/c9-11-10-1-2-16-8-7(15)6(14)5(13)4(3-12)17-8/h4-8,12-15H,1-3H2/t4-,5-,6-,7+,8-/m1/s1. The quantitative estimate of drug-likeness (QED) is 0.194. The van der Waals surface area contributed by atoms with E-state index in [9.17, 15) is 15.3 Å². The molecule has 0 amide bonds. The Balaban J connectivity index is 2.50. The van der Waals surface area contributed by atoms with Gasteiger partial charge in [-0.2, -0.15) is 0 Å². The topological polar surface area (TPSA) is 148 Å². The molecule has 1 saturated heterocycles. The summed E-state index contributed by atoms with van der Waals surface area (Å²) in [5.41, 5.74) is 8.03. The van der Waals surface area contributed by atoms with Gasteiger partial charge in [0.25, 0.3) is 0 Å². The maximum atomic E-state index is 9.53. The van der Waals surface area contributed by atoms with E-state index < -0.39 is 37.3 Å². The maximum Gasteiger partial charge on any atom is 0.186 e. The zero-order valence-electron chi connectivity index (χ0n) is 8.96. The fraction of sp³-hybridized carbons (Fsp3) is 1.00. The Morgan fingerprint density at radius 1 is 1.24 bits per heavy atom. The van der Waals surface area contributed by atoms with Crippen LogP contribution in [0.15, 0.2) is 5.11 Å². The molecule has 4 N–H and O–H groups in total. The molecule has 0 radical (unpaired) electrons. The fourth-order valence-corrected chi connectivity index (χ4v) is 1.46. The zero-order chi connectivity index (χ0) is 12.8. The van der Waals surface area contributed by atoms with Crippen LogP contribution in [0.5, 0.6) is 0 Å². The van der Waals surface area contributed by atoms with Gasteiger partial charge in [-0.3, -0.25) is 0 Å².